The fourth-order valence-electron chi connectivity index (χ4n) is 1.82. The molecule has 0 aliphatic rings. The minimum atomic E-state index is -1.07. The third kappa shape index (κ3) is 3.59. The monoisotopic (exact) mass is 357 g/mol. The zero-order valence-corrected chi connectivity index (χ0v) is 14.9. The molecule has 0 fully saturated rings. The average molecular weight is 358 g/mol. The number of hydrogen-bond acceptors (Lipinski definition) is 3. The summed E-state index contributed by atoms with van der Waals surface area (Å²) in [5.41, 5.74) is 0.375. The van der Waals surface area contributed by atoms with E-state index >= 15 is 0 Å². The second-order valence-corrected chi connectivity index (χ2v) is 12.6. The Hall–Kier alpha value is -0.923. The Labute approximate surface area is 127 Å². The third-order valence-corrected chi connectivity index (χ3v) is 5.40. The first-order chi connectivity index (χ1) is 9.28. The van der Waals surface area contributed by atoms with Gasteiger partial charge in [-0.15, -0.1) is 0 Å². The third-order valence-electron chi connectivity index (χ3n) is 3.07. The Morgan fingerprint density at radius 1 is 1.35 bits per heavy atom. The lowest BCUT2D eigenvalue weighted by Crippen LogP contribution is -2.22. The maximum Gasteiger partial charge on any atom is 0.278 e. The van der Waals surface area contributed by atoms with Crippen LogP contribution in [0.1, 0.15) is 0 Å². The summed E-state index contributed by atoms with van der Waals surface area (Å²) in [5, 5.41) is 5.13. The zero-order valence-electron chi connectivity index (χ0n) is 12.3. The largest absolute Gasteiger partial charge is 0.360 e. The molecule has 0 aromatic carbocycles. The van der Waals surface area contributed by atoms with E-state index in [2.05, 4.69) is 40.7 Å². The van der Waals surface area contributed by atoms with Crippen LogP contribution in [0.2, 0.25) is 25.7 Å². The predicted molar refractivity (Wildman–Crippen MR) is 86.8 cm³/mol. The van der Waals surface area contributed by atoms with Gasteiger partial charge < -0.3 is 9.30 Å². The average Bonchev–Trinajstić information content (AvgIpc) is 2.75. The van der Waals surface area contributed by atoms with Gasteiger partial charge in [0.25, 0.3) is 5.56 Å². The number of halogens is 1. The Balaban J connectivity index is 2.11. The topological polar surface area (TPSA) is 49.0 Å². The lowest BCUT2D eigenvalue weighted by atomic mass is 10.3. The van der Waals surface area contributed by atoms with E-state index in [1.165, 1.54) is 4.57 Å². The van der Waals surface area contributed by atoms with Crippen LogP contribution in [0.25, 0.3) is 10.9 Å². The van der Waals surface area contributed by atoms with Crippen LogP contribution in [0, 0.1) is 0 Å². The van der Waals surface area contributed by atoms with Gasteiger partial charge in [0.15, 0.2) is 5.52 Å². The molecule has 20 heavy (non-hydrogen) atoms. The van der Waals surface area contributed by atoms with Crippen LogP contribution in [0.3, 0.4) is 0 Å². The molecule has 2 aromatic heterocycles. The van der Waals surface area contributed by atoms with Crippen LogP contribution >= 0.6 is 15.9 Å². The van der Waals surface area contributed by atoms with Crippen LogP contribution in [-0.4, -0.2) is 29.0 Å². The van der Waals surface area contributed by atoms with E-state index in [4.69, 9.17) is 4.74 Å². The highest BCUT2D eigenvalue weighted by molar-refractivity contribution is 9.10. The maximum atomic E-state index is 12.0. The molecule has 0 saturated carbocycles. The van der Waals surface area contributed by atoms with Crippen molar-refractivity contribution in [3.05, 3.63) is 27.2 Å². The van der Waals surface area contributed by atoms with Gasteiger partial charge in [-0.1, -0.05) is 19.6 Å². The van der Waals surface area contributed by atoms with E-state index in [1.54, 1.807) is 17.9 Å². The first-order valence-corrected chi connectivity index (χ1v) is 11.1. The van der Waals surface area contributed by atoms with E-state index in [1.807, 2.05) is 6.20 Å². The molecular weight excluding hydrogens is 338 g/mol. The SMILES string of the molecule is Cn1cc(Br)c2cn(COCC[Si](C)(C)C)nc2c1=O. The molecule has 2 aromatic rings. The fraction of sp³-hybridized carbons (Fsp3) is 0.538. The summed E-state index contributed by atoms with van der Waals surface area (Å²) in [6.07, 6.45) is 3.60. The van der Waals surface area contributed by atoms with Gasteiger partial charge in [-0.3, -0.25) is 4.79 Å². The molecule has 110 valence electrons. The molecule has 5 nitrogen and oxygen atoms in total. The Morgan fingerprint density at radius 2 is 2.05 bits per heavy atom. The number of ether oxygens (including phenoxy) is 1. The second-order valence-electron chi connectivity index (χ2n) is 6.17. The summed E-state index contributed by atoms with van der Waals surface area (Å²) in [6, 6.07) is 1.12. The van der Waals surface area contributed by atoms with Crippen LogP contribution in [0.15, 0.2) is 21.7 Å². The van der Waals surface area contributed by atoms with Gasteiger partial charge >= 0.3 is 0 Å². The highest BCUT2D eigenvalue weighted by atomic mass is 79.9. The normalized spacial score (nSPS) is 12.2. The molecule has 0 radical (unpaired) electrons. The van der Waals surface area contributed by atoms with Gasteiger partial charge in [0, 0.05) is 44.0 Å². The number of aromatic nitrogens is 3. The Kier molecular flexibility index (Phi) is 4.51. The number of fused-ring (bicyclic) bond motifs is 1. The molecule has 0 N–H and O–H groups in total. The summed E-state index contributed by atoms with van der Waals surface area (Å²) < 4.78 is 9.72. The van der Waals surface area contributed by atoms with Crippen LogP contribution < -0.4 is 5.56 Å². The molecule has 0 atom stereocenters. The van der Waals surface area contributed by atoms with Crippen LogP contribution in [0.5, 0.6) is 0 Å². The van der Waals surface area contributed by atoms with Gasteiger partial charge in [-0.25, -0.2) is 4.68 Å². The number of rotatable bonds is 5. The molecule has 0 saturated heterocycles. The van der Waals surface area contributed by atoms with E-state index in [9.17, 15) is 4.79 Å². The van der Waals surface area contributed by atoms with Crippen molar-refractivity contribution in [2.45, 2.75) is 32.4 Å². The summed E-state index contributed by atoms with van der Waals surface area (Å²) >= 11 is 3.45. The van der Waals surface area contributed by atoms with Crippen molar-refractivity contribution in [1.29, 1.82) is 0 Å². The summed E-state index contributed by atoms with van der Waals surface area (Å²) in [5.74, 6) is 0. The highest BCUT2D eigenvalue weighted by Gasteiger charge is 2.13. The highest BCUT2D eigenvalue weighted by Crippen LogP contribution is 2.19. The van der Waals surface area contributed by atoms with Crippen molar-refractivity contribution < 1.29 is 4.74 Å². The first-order valence-electron chi connectivity index (χ1n) is 6.58. The van der Waals surface area contributed by atoms with Gasteiger partial charge in [0.2, 0.25) is 0 Å². The molecular formula is C13H20BrN3O2Si. The molecule has 0 bridgehead atoms. The van der Waals surface area contributed by atoms with E-state index in [0.29, 0.717) is 12.2 Å². The molecule has 0 unspecified atom stereocenters. The standard InChI is InChI=1S/C13H20BrN3O2Si/c1-16-8-11(14)10-7-17(15-12(10)13(16)18)9-19-5-6-20(2,3)4/h7-8H,5-6,9H2,1-4H3. The van der Waals surface area contributed by atoms with E-state index < -0.39 is 8.07 Å². The summed E-state index contributed by atoms with van der Waals surface area (Å²) in [6.45, 7) is 8.08. The van der Waals surface area contributed by atoms with E-state index in [-0.39, 0.29) is 5.56 Å². The summed E-state index contributed by atoms with van der Waals surface area (Å²) in [4.78, 5) is 12.0. The van der Waals surface area contributed by atoms with Gasteiger partial charge in [-0.05, 0) is 22.0 Å². The minimum absolute atomic E-state index is 0.0935. The Bertz CT molecular complexity index is 673. The lowest BCUT2D eigenvalue weighted by Gasteiger charge is -2.15. The molecule has 2 heterocycles. The molecule has 0 aliphatic carbocycles. The smallest absolute Gasteiger partial charge is 0.278 e. The van der Waals surface area contributed by atoms with Crippen LogP contribution in [-0.2, 0) is 18.5 Å². The number of aryl methyl sites for hydroxylation is 1. The quantitative estimate of drug-likeness (QED) is 0.610. The van der Waals surface area contributed by atoms with Crippen LogP contribution in [0.4, 0.5) is 0 Å². The van der Waals surface area contributed by atoms with Crippen molar-refractivity contribution in [3.63, 3.8) is 0 Å². The number of pyridine rings is 1. The zero-order chi connectivity index (χ0) is 14.9. The van der Waals surface area contributed by atoms with Gasteiger partial charge in [-0.2, -0.15) is 5.10 Å². The molecule has 7 heteroatoms. The molecule has 2 rings (SSSR count). The first kappa shape index (κ1) is 15.5. The lowest BCUT2D eigenvalue weighted by molar-refractivity contribution is 0.0790. The minimum Gasteiger partial charge on any atom is -0.360 e. The van der Waals surface area contributed by atoms with Gasteiger partial charge in [0.05, 0.1) is 0 Å². The maximum absolute atomic E-state index is 12.0. The molecule has 0 spiro atoms. The van der Waals surface area contributed by atoms with Crippen molar-refractivity contribution in [2.75, 3.05) is 6.61 Å². The fourth-order valence-corrected chi connectivity index (χ4v) is 3.18. The van der Waals surface area contributed by atoms with E-state index in [0.717, 1.165) is 22.5 Å². The molecule has 0 amide bonds. The number of hydrogen-bond donors (Lipinski definition) is 0. The van der Waals surface area contributed by atoms with Crippen molar-refractivity contribution in [1.82, 2.24) is 14.3 Å². The molecule has 0 aliphatic heterocycles. The number of nitrogens with zero attached hydrogens (tertiary/aromatic N) is 3. The van der Waals surface area contributed by atoms with Crippen molar-refractivity contribution in [2.24, 2.45) is 7.05 Å². The summed E-state index contributed by atoms with van der Waals surface area (Å²) in [7, 11) is 0.650. The van der Waals surface area contributed by atoms with Crippen molar-refractivity contribution in [3.8, 4) is 0 Å². The Morgan fingerprint density at radius 3 is 2.70 bits per heavy atom. The van der Waals surface area contributed by atoms with Gasteiger partial charge in [0.1, 0.15) is 6.73 Å². The second kappa shape index (κ2) is 5.83. The van der Waals surface area contributed by atoms with Crippen molar-refractivity contribution >= 4 is 34.9 Å². The predicted octanol–water partition coefficient (Wildman–Crippen LogP) is 2.81.